The van der Waals surface area contributed by atoms with Crippen LogP contribution in [0.4, 0.5) is 0 Å². The van der Waals surface area contributed by atoms with Gasteiger partial charge in [0.1, 0.15) is 0 Å². The van der Waals surface area contributed by atoms with Crippen LogP contribution in [0.5, 0.6) is 0 Å². The van der Waals surface area contributed by atoms with Crippen LogP contribution in [0, 0.1) is 5.41 Å². The van der Waals surface area contributed by atoms with Crippen LogP contribution < -0.4 is 0 Å². The van der Waals surface area contributed by atoms with Crippen LogP contribution in [0.3, 0.4) is 0 Å². The van der Waals surface area contributed by atoms with Crippen molar-refractivity contribution in [3.8, 4) is 0 Å². The molecule has 1 unspecified atom stereocenters. The van der Waals surface area contributed by atoms with Gasteiger partial charge in [-0.15, -0.1) is 0 Å². The molecule has 0 amide bonds. The van der Waals surface area contributed by atoms with Crippen LogP contribution in [-0.2, 0) is 8.85 Å². The molecule has 0 aliphatic carbocycles. The molecule has 21 heavy (non-hydrogen) atoms. The highest BCUT2D eigenvalue weighted by atomic mass is 28.4. The van der Waals surface area contributed by atoms with E-state index in [-0.39, 0.29) is 11.5 Å². The summed E-state index contributed by atoms with van der Waals surface area (Å²) in [6, 6.07) is 2.11. The van der Waals surface area contributed by atoms with Crippen LogP contribution in [-0.4, -0.2) is 21.3 Å². The highest BCUT2D eigenvalue weighted by Gasteiger charge is 2.38. The van der Waals surface area contributed by atoms with Crippen molar-refractivity contribution in [2.45, 2.75) is 105 Å². The third-order valence-electron chi connectivity index (χ3n) is 4.55. The van der Waals surface area contributed by atoms with Crippen molar-refractivity contribution in [3.63, 3.8) is 0 Å². The van der Waals surface area contributed by atoms with Gasteiger partial charge in [-0.2, -0.15) is 0 Å². The molecule has 0 rings (SSSR count). The smallest absolute Gasteiger partial charge is 0.337 e. The van der Waals surface area contributed by atoms with Crippen molar-refractivity contribution in [1.82, 2.24) is 0 Å². The van der Waals surface area contributed by atoms with Gasteiger partial charge in [0.05, 0.1) is 0 Å². The zero-order valence-electron chi connectivity index (χ0n) is 15.8. The Kier molecular flexibility index (Phi) is 10.9. The molecule has 0 fully saturated rings. The fourth-order valence-corrected chi connectivity index (χ4v) is 5.12. The Morgan fingerprint density at radius 2 is 1.38 bits per heavy atom. The first kappa shape index (κ1) is 21.1. The van der Waals surface area contributed by atoms with Crippen molar-refractivity contribution < 1.29 is 8.85 Å². The highest BCUT2D eigenvalue weighted by Crippen LogP contribution is 2.29. The Labute approximate surface area is 135 Å². The first-order valence-electron chi connectivity index (χ1n) is 9.13. The molecule has 0 N–H and O–H groups in total. The SMILES string of the molecule is CCCCCCCCO[Si](CC)(CC)OC(C)C(C)(C)C. The first-order chi connectivity index (χ1) is 9.81. The van der Waals surface area contributed by atoms with Crippen LogP contribution in [0.1, 0.15) is 87.0 Å². The number of rotatable bonds is 12. The summed E-state index contributed by atoms with van der Waals surface area (Å²) in [7, 11) is -1.99. The second-order valence-corrected chi connectivity index (χ2v) is 11.1. The van der Waals surface area contributed by atoms with Gasteiger partial charge in [-0.25, -0.2) is 0 Å². The minimum atomic E-state index is -1.99. The molecule has 2 nitrogen and oxygen atoms in total. The molecular weight excluding hydrogens is 276 g/mol. The van der Waals surface area contributed by atoms with Gasteiger partial charge in [0, 0.05) is 12.7 Å². The van der Waals surface area contributed by atoms with Crippen molar-refractivity contribution in [2.75, 3.05) is 6.61 Å². The number of hydrogen-bond donors (Lipinski definition) is 0. The maximum absolute atomic E-state index is 6.46. The predicted molar refractivity (Wildman–Crippen MR) is 96.0 cm³/mol. The summed E-state index contributed by atoms with van der Waals surface area (Å²) in [6.45, 7) is 16.5. The Morgan fingerprint density at radius 3 is 1.86 bits per heavy atom. The van der Waals surface area contributed by atoms with E-state index in [4.69, 9.17) is 8.85 Å². The number of hydrogen-bond acceptors (Lipinski definition) is 2. The molecule has 0 radical (unpaired) electrons. The van der Waals surface area contributed by atoms with E-state index in [1.165, 1.54) is 38.5 Å². The average Bonchev–Trinajstić information content (AvgIpc) is 2.44. The lowest BCUT2D eigenvalue weighted by molar-refractivity contribution is 0.0517. The molecule has 0 spiro atoms. The van der Waals surface area contributed by atoms with Gasteiger partial charge in [-0.05, 0) is 30.8 Å². The van der Waals surface area contributed by atoms with Gasteiger partial charge in [0.25, 0.3) is 0 Å². The molecule has 0 aromatic rings. The maximum Gasteiger partial charge on any atom is 0.337 e. The highest BCUT2D eigenvalue weighted by molar-refractivity contribution is 6.67. The molecule has 0 saturated carbocycles. The molecule has 0 saturated heterocycles. The summed E-state index contributed by atoms with van der Waals surface area (Å²) in [4.78, 5) is 0. The van der Waals surface area contributed by atoms with Gasteiger partial charge in [-0.1, -0.05) is 73.6 Å². The summed E-state index contributed by atoms with van der Waals surface area (Å²) >= 11 is 0. The molecule has 1 atom stereocenters. The van der Waals surface area contributed by atoms with E-state index in [1.807, 2.05) is 0 Å². The second-order valence-electron chi connectivity index (χ2n) is 7.36. The average molecular weight is 317 g/mol. The van der Waals surface area contributed by atoms with Gasteiger partial charge in [-0.3, -0.25) is 0 Å². The molecule has 0 aromatic heterocycles. The van der Waals surface area contributed by atoms with Crippen LogP contribution in [0.15, 0.2) is 0 Å². The summed E-state index contributed by atoms with van der Waals surface area (Å²) in [6.07, 6.45) is 8.15. The largest absolute Gasteiger partial charge is 0.394 e. The van der Waals surface area contributed by atoms with Crippen LogP contribution in [0.25, 0.3) is 0 Å². The topological polar surface area (TPSA) is 18.5 Å². The minimum Gasteiger partial charge on any atom is -0.394 e. The van der Waals surface area contributed by atoms with Gasteiger partial charge in [0.2, 0.25) is 0 Å². The van der Waals surface area contributed by atoms with E-state index < -0.39 is 8.56 Å². The van der Waals surface area contributed by atoms with E-state index >= 15 is 0 Å². The number of unbranched alkanes of at least 4 members (excludes halogenated alkanes) is 5. The molecule has 0 aliphatic heterocycles. The second kappa shape index (κ2) is 10.8. The van der Waals surface area contributed by atoms with Gasteiger partial charge < -0.3 is 8.85 Å². The van der Waals surface area contributed by atoms with E-state index in [9.17, 15) is 0 Å². The summed E-state index contributed by atoms with van der Waals surface area (Å²) in [5, 5.41) is 0. The maximum atomic E-state index is 6.46. The lowest BCUT2D eigenvalue weighted by atomic mass is 9.91. The van der Waals surface area contributed by atoms with Crippen molar-refractivity contribution >= 4 is 8.56 Å². The Bertz CT molecular complexity index is 244. The molecule has 128 valence electrons. The molecular formula is C18H40O2Si. The zero-order chi connectivity index (χ0) is 16.4. The summed E-state index contributed by atoms with van der Waals surface area (Å²) in [5.41, 5.74) is 0.187. The van der Waals surface area contributed by atoms with Crippen molar-refractivity contribution in [3.05, 3.63) is 0 Å². The van der Waals surface area contributed by atoms with Crippen LogP contribution in [0.2, 0.25) is 12.1 Å². The predicted octanol–water partition coefficient (Wildman–Crippen LogP) is 6.30. The lowest BCUT2D eigenvalue weighted by Gasteiger charge is -2.37. The summed E-state index contributed by atoms with van der Waals surface area (Å²) in [5.74, 6) is 0. The Morgan fingerprint density at radius 1 is 0.857 bits per heavy atom. The van der Waals surface area contributed by atoms with Gasteiger partial charge in [0.15, 0.2) is 0 Å². The minimum absolute atomic E-state index is 0.187. The van der Waals surface area contributed by atoms with Gasteiger partial charge >= 0.3 is 8.56 Å². The monoisotopic (exact) mass is 316 g/mol. The quantitative estimate of drug-likeness (QED) is 0.311. The third kappa shape index (κ3) is 8.99. The molecule has 3 heteroatoms. The Balaban J connectivity index is 4.16. The third-order valence-corrected chi connectivity index (χ3v) is 8.22. The van der Waals surface area contributed by atoms with E-state index in [2.05, 4.69) is 48.5 Å². The Hall–Kier alpha value is 0.137. The van der Waals surface area contributed by atoms with E-state index in [0.29, 0.717) is 0 Å². The summed E-state index contributed by atoms with van der Waals surface area (Å²) < 4.78 is 12.8. The standard InChI is InChI=1S/C18H40O2Si/c1-8-11-12-13-14-15-16-19-21(9-2,10-3)20-17(4)18(5,6)7/h17H,8-16H2,1-7H3. The van der Waals surface area contributed by atoms with Crippen molar-refractivity contribution in [1.29, 1.82) is 0 Å². The van der Waals surface area contributed by atoms with E-state index in [1.54, 1.807) is 0 Å². The fraction of sp³-hybridized carbons (Fsp3) is 1.00. The normalized spacial score (nSPS) is 14.4. The van der Waals surface area contributed by atoms with E-state index in [0.717, 1.165) is 18.7 Å². The molecule has 0 heterocycles. The van der Waals surface area contributed by atoms with Crippen molar-refractivity contribution in [2.24, 2.45) is 5.41 Å². The molecule has 0 bridgehead atoms. The lowest BCUT2D eigenvalue weighted by Crippen LogP contribution is -2.46. The zero-order valence-corrected chi connectivity index (χ0v) is 16.8. The van der Waals surface area contributed by atoms with Crippen LogP contribution >= 0.6 is 0 Å². The fourth-order valence-electron chi connectivity index (χ4n) is 2.29. The molecule has 0 aromatic carbocycles. The molecule has 0 aliphatic rings. The first-order valence-corrected chi connectivity index (χ1v) is 11.4.